The van der Waals surface area contributed by atoms with E-state index in [1.54, 1.807) is 6.92 Å². The number of rotatable bonds is 4. The highest BCUT2D eigenvalue weighted by atomic mass is 16.5. The molecule has 0 aromatic carbocycles. The minimum Gasteiger partial charge on any atom is -0.365 e. The summed E-state index contributed by atoms with van der Waals surface area (Å²) < 4.78 is 0. The summed E-state index contributed by atoms with van der Waals surface area (Å²) in [6, 6.07) is 0. The van der Waals surface area contributed by atoms with Crippen molar-refractivity contribution in [2.75, 3.05) is 0 Å². The molecular formula is C9H18O3. The molecule has 1 unspecified atom stereocenters. The zero-order chi connectivity index (χ0) is 9.94. The molecule has 0 spiro atoms. The standard InChI is InChI=1S/C9H18O3/c1-5-9(11,12)8(6(2)3)7(4)10/h6,8,11-12H,5H2,1-4H3. The van der Waals surface area contributed by atoms with Crippen molar-refractivity contribution >= 4 is 5.78 Å². The number of hydrogen-bond acceptors (Lipinski definition) is 3. The summed E-state index contributed by atoms with van der Waals surface area (Å²) in [6.45, 7) is 6.66. The van der Waals surface area contributed by atoms with Crippen LogP contribution in [0.3, 0.4) is 0 Å². The number of carbonyl (C=O) groups excluding carboxylic acids is 1. The van der Waals surface area contributed by atoms with Crippen molar-refractivity contribution in [3.05, 3.63) is 0 Å². The Morgan fingerprint density at radius 1 is 1.42 bits per heavy atom. The molecular weight excluding hydrogens is 156 g/mol. The topological polar surface area (TPSA) is 57.5 Å². The lowest BCUT2D eigenvalue weighted by atomic mass is 9.83. The Kier molecular flexibility index (Phi) is 3.87. The summed E-state index contributed by atoms with van der Waals surface area (Å²) in [4.78, 5) is 11.1. The Morgan fingerprint density at radius 3 is 1.92 bits per heavy atom. The fourth-order valence-electron chi connectivity index (χ4n) is 1.55. The van der Waals surface area contributed by atoms with Crippen molar-refractivity contribution in [1.29, 1.82) is 0 Å². The Bertz CT molecular complexity index is 161. The van der Waals surface area contributed by atoms with Crippen LogP contribution in [-0.2, 0) is 4.79 Å². The van der Waals surface area contributed by atoms with E-state index >= 15 is 0 Å². The maximum Gasteiger partial charge on any atom is 0.172 e. The molecule has 0 rings (SSSR count). The van der Waals surface area contributed by atoms with Gasteiger partial charge in [0.1, 0.15) is 5.78 Å². The van der Waals surface area contributed by atoms with Crippen molar-refractivity contribution < 1.29 is 15.0 Å². The summed E-state index contributed by atoms with van der Waals surface area (Å²) in [5.41, 5.74) is 0. The largest absolute Gasteiger partial charge is 0.365 e. The van der Waals surface area contributed by atoms with E-state index in [2.05, 4.69) is 0 Å². The molecule has 0 fully saturated rings. The molecule has 3 heteroatoms. The Hall–Kier alpha value is -0.410. The first kappa shape index (κ1) is 11.6. The Labute approximate surface area is 73.4 Å². The van der Waals surface area contributed by atoms with Crippen LogP contribution in [-0.4, -0.2) is 21.8 Å². The molecule has 0 amide bonds. The number of Topliss-reactive ketones (excluding diaryl/α,β-unsaturated/α-hetero) is 1. The zero-order valence-corrected chi connectivity index (χ0v) is 8.16. The third-order valence-electron chi connectivity index (χ3n) is 2.12. The first-order valence-electron chi connectivity index (χ1n) is 4.28. The van der Waals surface area contributed by atoms with Crippen LogP contribution in [0.4, 0.5) is 0 Å². The molecule has 0 aliphatic heterocycles. The van der Waals surface area contributed by atoms with E-state index in [0.29, 0.717) is 0 Å². The van der Waals surface area contributed by atoms with Gasteiger partial charge in [0.2, 0.25) is 0 Å². The van der Waals surface area contributed by atoms with Crippen LogP contribution in [0.2, 0.25) is 0 Å². The van der Waals surface area contributed by atoms with Crippen molar-refractivity contribution in [2.24, 2.45) is 11.8 Å². The number of hydrogen-bond donors (Lipinski definition) is 2. The van der Waals surface area contributed by atoms with E-state index < -0.39 is 11.7 Å². The van der Waals surface area contributed by atoms with Gasteiger partial charge in [0, 0.05) is 0 Å². The summed E-state index contributed by atoms with van der Waals surface area (Å²) in [5, 5.41) is 18.9. The van der Waals surface area contributed by atoms with Crippen LogP contribution in [0, 0.1) is 11.8 Å². The fraction of sp³-hybridized carbons (Fsp3) is 0.889. The van der Waals surface area contributed by atoms with Gasteiger partial charge in [-0.15, -0.1) is 0 Å². The van der Waals surface area contributed by atoms with Gasteiger partial charge in [-0.3, -0.25) is 4.79 Å². The first-order valence-corrected chi connectivity index (χ1v) is 4.28. The molecule has 0 aromatic rings. The highest BCUT2D eigenvalue weighted by Gasteiger charge is 2.37. The summed E-state index contributed by atoms with van der Waals surface area (Å²) in [5.74, 6) is -2.74. The average Bonchev–Trinajstić information content (AvgIpc) is 1.84. The quantitative estimate of drug-likeness (QED) is 0.623. The van der Waals surface area contributed by atoms with Crippen LogP contribution >= 0.6 is 0 Å². The fourth-order valence-corrected chi connectivity index (χ4v) is 1.55. The molecule has 1 atom stereocenters. The summed E-state index contributed by atoms with van der Waals surface area (Å²) >= 11 is 0. The van der Waals surface area contributed by atoms with E-state index in [1.807, 2.05) is 13.8 Å². The normalized spacial score (nSPS) is 14.9. The summed E-state index contributed by atoms with van der Waals surface area (Å²) in [7, 11) is 0. The highest BCUT2D eigenvalue weighted by Crippen LogP contribution is 2.26. The lowest BCUT2D eigenvalue weighted by Gasteiger charge is -2.31. The van der Waals surface area contributed by atoms with Gasteiger partial charge in [0.25, 0.3) is 0 Å². The van der Waals surface area contributed by atoms with Gasteiger partial charge in [0.15, 0.2) is 5.79 Å². The van der Waals surface area contributed by atoms with E-state index in [0.717, 1.165) is 0 Å². The molecule has 0 bridgehead atoms. The Balaban J connectivity index is 4.62. The van der Waals surface area contributed by atoms with Gasteiger partial charge in [0.05, 0.1) is 5.92 Å². The second-order valence-electron chi connectivity index (χ2n) is 3.56. The molecule has 3 nitrogen and oxygen atoms in total. The van der Waals surface area contributed by atoms with Gasteiger partial charge >= 0.3 is 0 Å². The minimum atomic E-state index is -1.85. The maximum absolute atomic E-state index is 11.1. The SMILES string of the molecule is CCC(O)(O)C(C(C)=O)C(C)C. The number of carbonyl (C=O) groups is 1. The molecule has 72 valence electrons. The lowest BCUT2D eigenvalue weighted by molar-refractivity contribution is -0.209. The smallest absolute Gasteiger partial charge is 0.172 e. The molecule has 0 saturated carbocycles. The van der Waals surface area contributed by atoms with Crippen LogP contribution in [0.15, 0.2) is 0 Å². The summed E-state index contributed by atoms with van der Waals surface area (Å²) in [6.07, 6.45) is 0.176. The molecule has 0 radical (unpaired) electrons. The van der Waals surface area contributed by atoms with Crippen LogP contribution < -0.4 is 0 Å². The number of ketones is 1. The van der Waals surface area contributed by atoms with Gasteiger partial charge in [-0.05, 0) is 19.3 Å². The molecule has 0 aliphatic rings. The highest BCUT2D eigenvalue weighted by molar-refractivity contribution is 5.79. The van der Waals surface area contributed by atoms with E-state index in [9.17, 15) is 15.0 Å². The van der Waals surface area contributed by atoms with Crippen molar-refractivity contribution in [1.82, 2.24) is 0 Å². The molecule has 2 N–H and O–H groups in total. The zero-order valence-electron chi connectivity index (χ0n) is 8.16. The monoisotopic (exact) mass is 174 g/mol. The van der Waals surface area contributed by atoms with Gasteiger partial charge in [-0.25, -0.2) is 0 Å². The molecule has 0 aromatic heterocycles. The lowest BCUT2D eigenvalue weighted by Crippen LogP contribution is -2.43. The number of aliphatic hydroxyl groups is 2. The maximum atomic E-state index is 11.1. The molecule has 0 aliphatic carbocycles. The molecule has 12 heavy (non-hydrogen) atoms. The van der Waals surface area contributed by atoms with Gasteiger partial charge in [-0.2, -0.15) is 0 Å². The van der Waals surface area contributed by atoms with E-state index in [1.165, 1.54) is 6.92 Å². The van der Waals surface area contributed by atoms with Gasteiger partial charge in [-0.1, -0.05) is 20.8 Å². The van der Waals surface area contributed by atoms with Crippen LogP contribution in [0.1, 0.15) is 34.1 Å². The predicted molar refractivity (Wildman–Crippen MR) is 46.5 cm³/mol. The molecule has 0 saturated heterocycles. The predicted octanol–water partition coefficient (Wildman–Crippen LogP) is 0.939. The molecule has 0 heterocycles. The van der Waals surface area contributed by atoms with E-state index in [4.69, 9.17) is 0 Å². The van der Waals surface area contributed by atoms with Crippen molar-refractivity contribution in [3.8, 4) is 0 Å². The average molecular weight is 174 g/mol. The van der Waals surface area contributed by atoms with Crippen molar-refractivity contribution in [3.63, 3.8) is 0 Å². The second kappa shape index (κ2) is 4.01. The third-order valence-corrected chi connectivity index (χ3v) is 2.12. The first-order chi connectivity index (χ1) is 5.33. The van der Waals surface area contributed by atoms with Crippen LogP contribution in [0.5, 0.6) is 0 Å². The third kappa shape index (κ3) is 2.57. The Morgan fingerprint density at radius 2 is 1.83 bits per heavy atom. The van der Waals surface area contributed by atoms with Gasteiger partial charge < -0.3 is 10.2 Å². The van der Waals surface area contributed by atoms with Crippen LogP contribution in [0.25, 0.3) is 0 Å². The minimum absolute atomic E-state index is 0.0440. The second-order valence-corrected chi connectivity index (χ2v) is 3.56. The van der Waals surface area contributed by atoms with E-state index in [-0.39, 0.29) is 18.1 Å². The van der Waals surface area contributed by atoms with Crippen molar-refractivity contribution in [2.45, 2.75) is 39.9 Å².